The van der Waals surface area contributed by atoms with E-state index >= 15 is 0 Å². The van der Waals surface area contributed by atoms with Crippen LogP contribution < -0.4 is 11.1 Å². The first-order chi connectivity index (χ1) is 6.49. The van der Waals surface area contributed by atoms with Gasteiger partial charge in [0.15, 0.2) is 9.84 Å². The molecule has 14 heavy (non-hydrogen) atoms. The molecule has 1 heterocycles. The van der Waals surface area contributed by atoms with E-state index in [-0.39, 0.29) is 11.7 Å². The van der Waals surface area contributed by atoms with E-state index in [1.807, 2.05) is 0 Å². The monoisotopic (exact) mass is 220 g/mol. The van der Waals surface area contributed by atoms with E-state index in [1.165, 1.54) is 0 Å². The number of nitrogens with two attached hydrogens (primary N) is 1. The summed E-state index contributed by atoms with van der Waals surface area (Å²) in [6, 6.07) is 0. The summed E-state index contributed by atoms with van der Waals surface area (Å²) in [7, 11) is -3.28. The highest BCUT2D eigenvalue weighted by Crippen LogP contribution is 2.14. The summed E-state index contributed by atoms with van der Waals surface area (Å²) >= 11 is 0. The standard InChI is InChI=1S/C8H16N2O3S/c9-8(11)6-14(12,13)5-7-1-3-10-4-2-7/h7,10H,1-6H2,(H2,9,11). The predicted octanol–water partition coefficient (Wildman–Crippen LogP) is -1.11. The number of piperidine rings is 1. The van der Waals surface area contributed by atoms with Crippen LogP contribution in [0.1, 0.15) is 12.8 Å². The van der Waals surface area contributed by atoms with E-state index in [4.69, 9.17) is 5.73 Å². The molecule has 1 aliphatic rings. The molecule has 1 rings (SSSR count). The molecular weight excluding hydrogens is 204 g/mol. The summed E-state index contributed by atoms with van der Waals surface area (Å²) in [5, 5.41) is 3.15. The number of hydrogen-bond donors (Lipinski definition) is 2. The molecule has 0 saturated carbocycles. The van der Waals surface area contributed by atoms with Crippen LogP contribution in [-0.2, 0) is 14.6 Å². The Kier molecular flexibility index (Phi) is 3.88. The van der Waals surface area contributed by atoms with Crippen LogP contribution in [0.3, 0.4) is 0 Å². The SMILES string of the molecule is NC(=O)CS(=O)(=O)CC1CCNCC1. The molecule has 1 aliphatic heterocycles. The Morgan fingerprint density at radius 1 is 1.36 bits per heavy atom. The Morgan fingerprint density at radius 2 is 1.93 bits per heavy atom. The lowest BCUT2D eigenvalue weighted by molar-refractivity contribution is -0.115. The highest BCUT2D eigenvalue weighted by Gasteiger charge is 2.22. The molecule has 0 aromatic carbocycles. The molecule has 1 fully saturated rings. The molecule has 3 N–H and O–H groups in total. The third-order valence-corrected chi connectivity index (χ3v) is 4.01. The Balaban J connectivity index is 2.45. The molecule has 0 aromatic rings. The van der Waals surface area contributed by atoms with E-state index in [9.17, 15) is 13.2 Å². The van der Waals surface area contributed by atoms with Crippen molar-refractivity contribution in [2.45, 2.75) is 12.8 Å². The van der Waals surface area contributed by atoms with Crippen molar-refractivity contribution in [3.8, 4) is 0 Å². The fraction of sp³-hybridized carbons (Fsp3) is 0.875. The van der Waals surface area contributed by atoms with Crippen molar-refractivity contribution in [2.75, 3.05) is 24.6 Å². The molecule has 0 atom stereocenters. The molecule has 82 valence electrons. The minimum absolute atomic E-state index is 0.0949. The number of rotatable bonds is 4. The smallest absolute Gasteiger partial charge is 0.232 e. The van der Waals surface area contributed by atoms with Crippen LogP contribution in [0.2, 0.25) is 0 Å². The van der Waals surface area contributed by atoms with E-state index in [0.717, 1.165) is 25.9 Å². The molecule has 0 radical (unpaired) electrons. The van der Waals surface area contributed by atoms with Gasteiger partial charge in [0.25, 0.3) is 0 Å². The summed E-state index contributed by atoms with van der Waals surface area (Å²) in [6.07, 6.45) is 1.72. The second-order valence-electron chi connectivity index (χ2n) is 3.71. The Morgan fingerprint density at radius 3 is 2.43 bits per heavy atom. The van der Waals surface area contributed by atoms with Crippen LogP contribution >= 0.6 is 0 Å². The van der Waals surface area contributed by atoms with Gasteiger partial charge in [0.1, 0.15) is 5.75 Å². The fourth-order valence-corrected chi connectivity index (χ4v) is 3.29. The minimum Gasteiger partial charge on any atom is -0.369 e. The van der Waals surface area contributed by atoms with Crippen LogP contribution in [0.4, 0.5) is 0 Å². The summed E-state index contributed by atoms with van der Waals surface area (Å²) in [5.74, 6) is -1.01. The van der Waals surface area contributed by atoms with E-state index in [1.54, 1.807) is 0 Å². The summed E-state index contributed by atoms with van der Waals surface area (Å²) in [4.78, 5) is 10.5. The maximum absolute atomic E-state index is 11.4. The molecule has 1 saturated heterocycles. The number of sulfone groups is 1. The van der Waals surface area contributed by atoms with Gasteiger partial charge in [0.2, 0.25) is 5.91 Å². The van der Waals surface area contributed by atoms with Gasteiger partial charge in [0, 0.05) is 0 Å². The number of amides is 1. The summed E-state index contributed by atoms with van der Waals surface area (Å²) < 4.78 is 22.8. The van der Waals surface area contributed by atoms with Crippen LogP contribution in [0.5, 0.6) is 0 Å². The van der Waals surface area contributed by atoms with Crippen LogP contribution in [0.25, 0.3) is 0 Å². The normalized spacial score (nSPS) is 19.4. The Hall–Kier alpha value is -0.620. The lowest BCUT2D eigenvalue weighted by atomic mass is 10.0. The molecule has 0 unspecified atom stereocenters. The summed E-state index contributed by atoms with van der Waals surface area (Å²) in [5.41, 5.74) is 4.85. The molecule has 0 bridgehead atoms. The molecule has 0 spiro atoms. The van der Waals surface area contributed by atoms with Crippen molar-refractivity contribution in [1.29, 1.82) is 0 Å². The van der Waals surface area contributed by atoms with Crippen molar-refractivity contribution in [1.82, 2.24) is 5.32 Å². The van der Waals surface area contributed by atoms with Crippen LogP contribution in [0.15, 0.2) is 0 Å². The van der Waals surface area contributed by atoms with Crippen molar-refractivity contribution < 1.29 is 13.2 Å². The average Bonchev–Trinajstić information content (AvgIpc) is 2.02. The highest BCUT2D eigenvalue weighted by atomic mass is 32.2. The fourth-order valence-electron chi connectivity index (χ4n) is 1.68. The van der Waals surface area contributed by atoms with Gasteiger partial charge in [0.05, 0.1) is 5.75 Å². The maximum atomic E-state index is 11.4. The topological polar surface area (TPSA) is 89.3 Å². The average molecular weight is 220 g/mol. The minimum atomic E-state index is -3.28. The van der Waals surface area contributed by atoms with Gasteiger partial charge in [-0.2, -0.15) is 0 Å². The second kappa shape index (κ2) is 4.75. The van der Waals surface area contributed by atoms with E-state index in [0.29, 0.717) is 0 Å². The molecule has 1 amide bonds. The first-order valence-corrected chi connectivity index (χ1v) is 6.51. The molecule has 0 aromatic heterocycles. The van der Waals surface area contributed by atoms with Gasteiger partial charge in [-0.15, -0.1) is 0 Å². The van der Waals surface area contributed by atoms with Gasteiger partial charge >= 0.3 is 0 Å². The zero-order chi connectivity index (χ0) is 10.6. The van der Waals surface area contributed by atoms with Gasteiger partial charge in [-0.1, -0.05) is 0 Å². The Labute approximate surface area is 84.0 Å². The van der Waals surface area contributed by atoms with Gasteiger partial charge < -0.3 is 11.1 Å². The zero-order valence-corrected chi connectivity index (χ0v) is 8.85. The molecule has 6 heteroatoms. The first-order valence-electron chi connectivity index (χ1n) is 4.69. The highest BCUT2D eigenvalue weighted by molar-refractivity contribution is 7.92. The van der Waals surface area contributed by atoms with Crippen LogP contribution in [-0.4, -0.2) is 38.9 Å². The third kappa shape index (κ3) is 4.06. The molecular formula is C8H16N2O3S. The molecule has 5 nitrogen and oxygen atoms in total. The number of carbonyl (C=O) groups is 1. The van der Waals surface area contributed by atoms with Gasteiger partial charge in [-0.05, 0) is 31.8 Å². The second-order valence-corrected chi connectivity index (χ2v) is 5.82. The van der Waals surface area contributed by atoms with E-state index in [2.05, 4.69) is 5.32 Å². The van der Waals surface area contributed by atoms with Crippen molar-refractivity contribution in [3.63, 3.8) is 0 Å². The van der Waals surface area contributed by atoms with Gasteiger partial charge in [-0.25, -0.2) is 8.42 Å². The number of carbonyl (C=O) groups excluding carboxylic acids is 1. The lowest BCUT2D eigenvalue weighted by Gasteiger charge is -2.21. The summed E-state index contributed by atoms with van der Waals surface area (Å²) in [6.45, 7) is 1.72. The van der Waals surface area contributed by atoms with Crippen molar-refractivity contribution in [3.05, 3.63) is 0 Å². The molecule has 0 aliphatic carbocycles. The predicted molar refractivity (Wildman–Crippen MR) is 53.4 cm³/mol. The van der Waals surface area contributed by atoms with Crippen molar-refractivity contribution in [2.24, 2.45) is 11.7 Å². The van der Waals surface area contributed by atoms with Gasteiger partial charge in [-0.3, -0.25) is 4.79 Å². The Bertz CT molecular complexity index is 294. The number of nitrogens with one attached hydrogen (secondary N) is 1. The number of hydrogen-bond acceptors (Lipinski definition) is 4. The quantitative estimate of drug-likeness (QED) is 0.628. The lowest BCUT2D eigenvalue weighted by Crippen LogP contribution is -2.34. The number of primary amides is 1. The van der Waals surface area contributed by atoms with Crippen LogP contribution in [0, 0.1) is 5.92 Å². The maximum Gasteiger partial charge on any atom is 0.232 e. The van der Waals surface area contributed by atoms with Crippen molar-refractivity contribution >= 4 is 15.7 Å². The van der Waals surface area contributed by atoms with E-state index < -0.39 is 21.5 Å². The zero-order valence-electron chi connectivity index (χ0n) is 8.03. The first kappa shape index (κ1) is 11.5. The largest absolute Gasteiger partial charge is 0.369 e. The third-order valence-electron chi connectivity index (χ3n) is 2.31.